The summed E-state index contributed by atoms with van der Waals surface area (Å²) in [6, 6.07) is 13.4. The van der Waals surface area contributed by atoms with E-state index in [0.717, 1.165) is 11.4 Å². The Kier molecular flexibility index (Phi) is 6.70. The number of anilines is 1. The van der Waals surface area contributed by atoms with Gasteiger partial charge in [-0.3, -0.25) is 14.5 Å². The summed E-state index contributed by atoms with van der Waals surface area (Å²) < 4.78 is 11.0. The SMILES string of the molecule is CCCOc1cccc(C2C(C(=O)c3sc(C)nc3C)=C(O)C(=O)N2c2ccc(OC)cc2)c1. The van der Waals surface area contributed by atoms with E-state index in [4.69, 9.17) is 9.47 Å². The highest BCUT2D eigenvalue weighted by Crippen LogP contribution is 2.43. The lowest BCUT2D eigenvalue weighted by Gasteiger charge is -2.27. The lowest BCUT2D eigenvalue weighted by molar-refractivity contribution is -0.117. The highest BCUT2D eigenvalue weighted by Gasteiger charge is 2.45. The molecular formula is C26H26N2O5S. The smallest absolute Gasteiger partial charge is 0.294 e. The van der Waals surface area contributed by atoms with Gasteiger partial charge < -0.3 is 14.6 Å². The molecule has 3 aromatic rings. The number of rotatable bonds is 8. The molecular weight excluding hydrogens is 452 g/mol. The summed E-state index contributed by atoms with van der Waals surface area (Å²) in [5, 5.41) is 11.7. The van der Waals surface area contributed by atoms with Crippen molar-refractivity contribution in [3.8, 4) is 11.5 Å². The van der Waals surface area contributed by atoms with Gasteiger partial charge >= 0.3 is 0 Å². The number of carbonyl (C=O) groups excluding carboxylic acids is 2. The Bertz CT molecular complexity index is 1260. The third-order valence-corrected chi connectivity index (χ3v) is 6.63. The molecule has 1 unspecified atom stereocenters. The molecule has 0 fully saturated rings. The van der Waals surface area contributed by atoms with Crippen molar-refractivity contribution in [1.82, 2.24) is 4.98 Å². The van der Waals surface area contributed by atoms with Crippen molar-refractivity contribution < 1.29 is 24.2 Å². The monoisotopic (exact) mass is 478 g/mol. The van der Waals surface area contributed by atoms with Crippen molar-refractivity contribution in [3.05, 3.63) is 81.0 Å². The van der Waals surface area contributed by atoms with E-state index in [1.54, 1.807) is 44.4 Å². The molecule has 0 aliphatic carbocycles. The molecule has 34 heavy (non-hydrogen) atoms. The molecule has 0 saturated carbocycles. The number of nitrogens with zero attached hydrogens (tertiary/aromatic N) is 2. The molecule has 1 N–H and O–H groups in total. The number of hydrogen-bond acceptors (Lipinski definition) is 7. The molecule has 1 atom stereocenters. The van der Waals surface area contributed by atoms with Crippen molar-refractivity contribution in [2.45, 2.75) is 33.2 Å². The van der Waals surface area contributed by atoms with Gasteiger partial charge in [-0.15, -0.1) is 11.3 Å². The molecule has 4 rings (SSSR count). The first-order valence-electron chi connectivity index (χ1n) is 11.0. The van der Waals surface area contributed by atoms with Crippen LogP contribution in [0.2, 0.25) is 0 Å². The normalized spacial score (nSPS) is 15.7. The largest absolute Gasteiger partial charge is 0.503 e. The van der Waals surface area contributed by atoms with Crippen LogP contribution in [0.25, 0.3) is 0 Å². The van der Waals surface area contributed by atoms with E-state index in [1.807, 2.05) is 32.0 Å². The van der Waals surface area contributed by atoms with Crippen LogP contribution in [0.5, 0.6) is 11.5 Å². The molecule has 7 nitrogen and oxygen atoms in total. The first kappa shape index (κ1) is 23.5. The van der Waals surface area contributed by atoms with Gasteiger partial charge in [0, 0.05) is 5.69 Å². The Morgan fingerprint density at radius 2 is 1.88 bits per heavy atom. The summed E-state index contributed by atoms with van der Waals surface area (Å²) in [4.78, 5) is 33.2. The van der Waals surface area contributed by atoms with Gasteiger partial charge in [-0.1, -0.05) is 19.1 Å². The number of amides is 1. The third kappa shape index (κ3) is 4.28. The zero-order chi connectivity index (χ0) is 24.4. The van der Waals surface area contributed by atoms with Crippen LogP contribution in [0.4, 0.5) is 5.69 Å². The molecule has 0 spiro atoms. The second-order valence-electron chi connectivity index (χ2n) is 7.94. The van der Waals surface area contributed by atoms with Gasteiger partial charge in [0.25, 0.3) is 5.91 Å². The van der Waals surface area contributed by atoms with E-state index in [2.05, 4.69) is 4.98 Å². The molecule has 1 aromatic heterocycles. The number of benzene rings is 2. The maximum Gasteiger partial charge on any atom is 0.294 e. The second kappa shape index (κ2) is 9.69. The van der Waals surface area contributed by atoms with Gasteiger partial charge in [-0.2, -0.15) is 0 Å². The first-order valence-corrected chi connectivity index (χ1v) is 11.8. The summed E-state index contributed by atoms with van der Waals surface area (Å²) in [5.41, 5.74) is 1.79. The molecule has 1 aliphatic heterocycles. The van der Waals surface area contributed by atoms with Gasteiger partial charge in [0.2, 0.25) is 5.78 Å². The van der Waals surface area contributed by atoms with E-state index < -0.39 is 23.5 Å². The molecule has 1 aliphatic rings. The lowest BCUT2D eigenvalue weighted by Crippen LogP contribution is -2.31. The van der Waals surface area contributed by atoms with Crippen molar-refractivity contribution in [3.63, 3.8) is 0 Å². The van der Waals surface area contributed by atoms with Crippen LogP contribution in [0, 0.1) is 13.8 Å². The Morgan fingerprint density at radius 1 is 1.15 bits per heavy atom. The second-order valence-corrected chi connectivity index (χ2v) is 9.14. The van der Waals surface area contributed by atoms with Crippen molar-refractivity contribution in [1.29, 1.82) is 0 Å². The molecule has 0 saturated heterocycles. The number of methoxy groups -OCH3 is 1. The average Bonchev–Trinajstić information content (AvgIpc) is 3.32. The maximum absolute atomic E-state index is 13.7. The number of aliphatic hydroxyl groups excluding tert-OH is 1. The molecule has 0 bridgehead atoms. The van der Waals surface area contributed by atoms with Crippen LogP contribution < -0.4 is 14.4 Å². The van der Waals surface area contributed by atoms with Gasteiger partial charge in [-0.05, 0) is 62.2 Å². The molecule has 8 heteroatoms. The van der Waals surface area contributed by atoms with Gasteiger partial charge in [-0.25, -0.2) is 4.98 Å². The van der Waals surface area contributed by atoms with E-state index in [-0.39, 0.29) is 5.57 Å². The zero-order valence-corrected chi connectivity index (χ0v) is 20.3. The number of ketones is 1. The van der Waals surface area contributed by atoms with Crippen molar-refractivity contribution in [2.24, 2.45) is 0 Å². The van der Waals surface area contributed by atoms with E-state index in [0.29, 0.717) is 39.9 Å². The Labute approximate surface area is 202 Å². The highest BCUT2D eigenvalue weighted by atomic mass is 32.1. The Hall–Kier alpha value is -3.65. The molecule has 0 radical (unpaired) electrons. The minimum atomic E-state index is -0.833. The fourth-order valence-corrected chi connectivity index (χ4v) is 4.89. The van der Waals surface area contributed by atoms with E-state index in [9.17, 15) is 14.7 Å². The van der Waals surface area contributed by atoms with Gasteiger partial charge in [0.05, 0.1) is 40.9 Å². The number of hydrogen-bond donors (Lipinski definition) is 1. The zero-order valence-electron chi connectivity index (χ0n) is 19.5. The summed E-state index contributed by atoms with van der Waals surface area (Å²) in [5.74, 6) is -0.348. The summed E-state index contributed by atoms with van der Waals surface area (Å²) in [6.45, 7) is 6.13. The van der Waals surface area contributed by atoms with Crippen LogP contribution in [0.3, 0.4) is 0 Å². The predicted octanol–water partition coefficient (Wildman–Crippen LogP) is 5.34. The van der Waals surface area contributed by atoms with Crippen LogP contribution in [0.15, 0.2) is 59.9 Å². The fourth-order valence-electron chi connectivity index (χ4n) is 4.02. The quantitative estimate of drug-likeness (QED) is 0.440. The topological polar surface area (TPSA) is 89.0 Å². The minimum Gasteiger partial charge on any atom is -0.503 e. The number of aliphatic hydroxyl groups is 1. The van der Waals surface area contributed by atoms with Crippen LogP contribution >= 0.6 is 11.3 Å². The molecule has 1 amide bonds. The van der Waals surface area contributed by atoms with Crippen LogP contribution in [-0.2, 0) is 4.79 Å². The van der Waals surface area contributed by atoms with E-state index >= 15 is 0 Å². The van der Waals surface area contributed by atoms with Crippen LogP contribution in [0.1, 0.15) is 45.3 Å². The molecule has 176 valence electrons. The van der Waals surface area contributed by atoms with Crippen molar-refractivity contribution in [2.75, 3.05) is 18.6 Å². The van der Waals surface area contributed by atoms with Crippen LogP contribution in [-0.4, -0.2) is 35.5 Å². The fraction of sp³-hybridized carbons (Fsp3) is 0.269. The number of ether oxygens (including phenoxy) is 2. The molecule has 2 aromatic carbocycles. The lowest BCUT2D eigenvalue weighted by atomic mass is 9.94. The summed E-state index contributed by atoms with van der Waals surface area (Å²) in [6.07, 6.45) is 0.846. The summed E-state index contributed by atoms with van der Waals surface area (Å²) >= 11 is 1.25. The van der Waals surface area contributed by atoms with Gasteiger partial charge in [0.1, 0.15) is 11.5 Å². The van der Waals surface area contributed by atoms with Crippen molar-refractivity contribution >= 4 is 28.7 Å². The Morgan fingerprint density at radius 3 is 2.50 bits per heavy atom. The number of aryl methyl sites for hydroxylation is 2. The Balaban J connectivity index is 1.85. The minimum absolute atomic E-state index is 0.0280. The average molecular weight is 479 g/mol. The predicted molar refractivity (Wildman–Crippen MR) is 131 cm³/mol. The number of Topliss-reactive ketones (excluding diaryl/α,β-unsaturated/α-hetero) is 1. The molecule has 2 heterocycles. The van der Waals surface area contributed by atoms with Gasteiger partial charge in [0.15, 0.2) is 5.76 Å². The number of thiazole rings is 1. The number of aromatic nitrogens is 1. The third-order valence-electron chi connectivity index (χ3n) is 5.56. The standard InChI is InChI=1S/C26H26N2O5S/c1-5-13-33-20-8-6-7-17(14-20)22-21(23(29)25-15(2)27-16(3)34-25)24(30)26(31)28(22)18-9-11-19(32-4)12-10-18/h6-12,14,22,30H,5,13H2,1-4H3. The highest BCUT2D eigenvalue weighted by molar-refractivity contribution is 7.14. The van der Waals surface area contributed by atoms with E-state index in [1.165, 1.54) is 16.2 Å². The first-order chi connectivity index (χ1) is 16.3. The number of carbonyl (C=O) groups is 2. The maximum atomic E-state index is 13.7. The summed E-state index contributed by atoms with van der Waals surface area (Å²) in [7, 11) is 1.56.